The molecule has 3 N–H and O–H groups in total. The van der Waals surface area contributed by atoms with Crippen LogP contribution in [0.5, 0.6) is 0 Å². The monoisotopic (exact) mass is 373 g/mol. The fourth-order valence-electron chi connectivity index (χ4n) is 2.48. The Morgan fingerprint density at radius 1 is 1.32 bits per heavy atom. The molecule has 0 amide bonds. The lowest BCUT2D eigenvalue weighted by Gasteiger charge is -2.07. The predicted octanol–water partition coefficient (Wildman–Crippen LogP) is 3.84. The maximum atomic E-state index is 5.94. The number of nitrogens with zero attached hydrogens (tertiary/aromatic N) is 1. The minimum absolute atomic E-state index is 0. The molecule has 1 saturated carbocycles. The Hall–Kier alpha value is -0.780. The van der Waals surface area contributed by atoms with Gasteiger partial charge in [-0.2, -0.15) is 0 Å². The van der Waals surface area contributed by atoms with Gasteiger partial charge in [-0.25, -0.2) is 4.99 Å². The highest BCUT2D eigenvalue weighted by Gasteiger charge is 2.35. The van der Waals surface area contributed by atoms with Gasteiger partial charge in [-0.05, 0) is 55.9 Å². The van der Waals surface area contributed by atoms with E-state index in [1.165, 1.54) is 30.4 Å². The average molecular weight is 373 g/mol. The van der Waals surface area contributed by atoms with Gasteiger partial charge < -0.3 is 11.1 Å². The summed E-state index contributed by atoms with van der Waals surface area (Å²) in [4.78, 5) is 4.53. The van der Waals surface area contributed by atoms with Crippen LogP contribution in [0.15, 0.2) is 23.2 Å². The third kappa shape index (κ3) is 5.01. The van der Waals surface area contributed by atoms with E-state index in [1.54, 1.807) is 0 Å². The summed E-state index contributed by atoms with van der Waals surface area (Å²) in [6.45, 7) is 6.39. The fraction of sp³-hybridized carbons (Fsp3) is 0.533. The Morgan fingerprint density at radius 2 is 1.95 bits per heavy atom. The number of benzene rings is 1. The molecule has 0 bridgehead atoms. The fourth-order valence-corrected chi connectivity index (χ4v) is 2.48. The number of nitrogens with one attached hydrogen (secondary N) is 1. The van der Waals surface area contributed by atoms with E-state index in [0.29, 0.717) is 12.0 Å². The van der Waals surface area contributed by atoms with Crippen molar-refractivity contribution in [2.45, 2.75) is 46.1 Å². The summed E-state index contributed by atoms with van der Waals surface area (Å²) in [5.74, 6) is 1.30. The molecule has 2 rings (SSSR count). The smallest absolute Gasteiger partial charge is 0.193 e. The standard InChI is InChI=1S/C15H23N3.HI/c1-4-5-12-9-14(12)18-15(16)17-13-7-10(2)6-11(3)8-13;/h6-8,12,14H,4-5,9H2,1-3H3,(H3,16,17,18);1H/t12-,14-;/m1./s1. The van der Waals surface area contributed by atoms with E-state index in [0.717, 1.165) is 11.6 Å². The molecular formula is C15H24IN3. The molecule has 2 atom stereocenters. The zero-order valence-electron chi connectivity index (χ0n) is 11.9. The Balaban J connectivity index is 0.00000180. The number of aliphatic imine (C=N–C) groups is 1. The second-order valence-corrected chi connectivity index (χ2v) is 5.37. The Labute approximate surface area is 133 Å². The van der Waals surface area contributed by atoms with Crippen LogP contribution in [0, 0.1) is 19.8 Å². The van der Waals surface area contributed by atoms with E-state index in [9.17, 15) is 0 Å². The number of guanidine groups is 1. The summed E-state index contributed by atoms with van der Waals surface area (Å²) in [6, 6.07) is 6.78. The molecule has 1 aromatic carbocycles. The summed E-state index contributed by atoms with van der Waals surface area (Å²) in [5, 5.41) is 3.19. The maximum Gasteiger partial charge on any atom is 0.193 e. The van der Waals surface area contributed by atoms with Crippen LogP contribution < -0.4 is 11.1 Å². The van der Waals surface area contributed by atoms with Crippen LogP contribution in [0.2, 0.25) is 0 Å². The lowest BCUT2D eigenvalue weighted by Crippen LogP contribution is -2.23. The van der Waals surface area contributed by atoms with Gasteiger partial charge in [-0.1, -0.05) is 19.4 Å². The van der Waals surface area contributed by atoms with Crippen LogP contribution in [0.1, 0.15) is 37.3 Å². The van der Waals surface area contributed by atoms with Crippen molar-refractivity contribution < 1.29 is 0 Å². The van der Waals surface area contributed by atoms with Crippen molar-refractivity contribution in [2.24, 2.45) is 16.6 Å². The van der Waals surface area contributed by atoms with E-state index in [-0.39, 0.29) is 24.0 Å². The summed E-state index contributed by atoms with van der Waals surface area (Å²) in [6.07, 6.45) is 3.70. The number of nitrogens with two attached hydrogens (primary N) is 1. The molecule has 1 aliphatic rings. The molecule has 0 radical (unpaired) electrons. The number of aryl methyl sites for hydroxylation is 2. The maximum absolute atomic E-state index is 5.94. The molecule has 0 spiro atoms. The van der Waals surface area contributed by atoms with Gasteiger partial charge in [0, 0.05) is 5.69 Å². The normalized spacial score (nSPS) is 21.7. The highest BCUT2D eigenvalue weighted by atomic mass is 127. The van der Waals surface area contributed by atoms with Crippen molar-refractivity contribution in [2.75, 3.05) is 5.32 Å². The van der Waals surface area contributed by atoms with Crippen molar-refractivity contribution in [1.82, 2.24) is 0 Å². The van der Waals surface area contributed by atoms with Gasteiger partial charge in [-0.15, -0.1) is 24.0 Å². The van der Waals surface area contributed by atoms with Gasteiger partial charge in [0.2, 0.25) is 0 Å². The predicted molar refractivity (Wildman–Crippen MR) is 93.4 cm³/mol. The first-order valence-corrected chi connectivity index (χ1v) is 6.77. The van der Waals surface area contributed by atoms with E-state index in [4.69, 9.17) is 5.73 Å². The van der Waals surface area contributed by atoms with Gasteiger partial charge in [0.15, 0.2) is 5.96 Å². The van der Waals surface area contributed by atoms with Crippen molar-refractivity contribution in [3.8, 4) is 0 Å². The number of rotatable bonds is 4. The molecule has 0 aliphatic heterocycles. The molecule has 106 valence electrons. The molecule has 4 heteroatoms. The lowest BCUT2D eigenvalue weighted by molar-refractivity contribution is 0.683. The van der Waals surface area contributed by atoms with E-state index < -0.39 is 0 Å². The molecule has 1 aliphatic carbocycles. The minimum Gasteiger partial charge on any atom is -0.370 e. The first kappa shape index (κ1) is 16.3. The molecule has 1 fully saturated rings. The molecule has 19 heavy (non-hydrogen) atoms. The van der Waals surface area contributed by atoms with Crippen LogP contribution in [-0.4, -0.2) is 12.0 Å². The lowest BCUT2D eigenvalue weighted by atomic mass is 10.1. The average Bonchev–Trinajstić information content (AvgIpc) is 2.94. The number of hydrogen-bond acceptors (Lipinski definition) is 1. The highest BCUT2D eigenvalue weighted by Crippen LogP contribution is 2.37. The first-order chi connectivity index (χ1) is 8.58. The van der Waals surface area contributed by atoms with Crippen LogP contribution in [0.25, 0.3) is 0 Å². The van der Waals surface area contributed by atoms with E-state index in [1.807, 2.05) is 0 Å². The van der Waals surface area contributed by atoms with Gasteiger partial charge in [-0.3, -0.25) is 0 Å². The Bertz CT molecular complexity index is 436. The SMILES string of the molecule is CCC[C@@H]1C[C@H]1N=C(N)Nc1cc(C)cc(C)c1.I. The second-order valence-electron chi connectivity index (χ2n) is 5.37. The number of anilines is 1. The summed E-state index contributed by atoms with van der Waals surface area (Å²) >= 11 is 0. The zero-order chi connectivity index (χ0) is 13.1. The van der Waals surface area contributed by atoms with Crippen LogP contribution in [-0.2, 0) is 0 Å². The molecule has 3 nitrogen and oxygen atoms in total. The molecular weight excluding hydrogens is 349 g/mol. The third-order valence-electron chi connectivity index (χ3n) is 3.34. The largest absolute Gasteiger partial charge is 0.370 e. The molecule has 0 aromatic heterocycles. The molecule has 0 heterocycles. The number of hydrogen-bond donors (Lipinski definition) is 2. The van der Waals surface area contributed by atoms with Gasteiger partial charge in [0.25, 0.3) is 0 Å². The quantitative estimate of drug-likeness (QED) is 0.479. The van der Waals surface area contributed by atoms with Crippen molar-refractivity contribution >= 4 is 35.6 Å². The molecule has 0 unspecified atom stereocenters. The van der Waals surface area contributed by atoms with Gasteiger partial charge in [0.1, 0.15) is 0 Å². The Kier molecular flexibility index (Phi) is 6.10. The highest BCUT2D eigenvalue weighted by molar-refractivity contribution is 14.0. The van der Waals surface area contributed by atoms with Crippen LogP contribution >= 0.6 is 24.0 Å². The van der Waals surface area contributed by atoms with Crippen molar-refractivity contribution in [3.05, 3.63) is 29.3 Å². The molecule has 1 aromatic rings. The first-order valence-electron chi connectivity index (χ1n) is 6.77. The van der Waals surface area contributed by atoms with Crippen LogP contribution in [0.4, 0.5) is 5.69 Å². The van der Waals surface area contributed by atoms with Crippen LogP contribution in [0.3, 0.4) is 0 Å². The van der Waals surface area contributed by atoms with Gasteiger partial charge in [0.05, 0.1) is 6.04 Å². The summed E-state index contributed by atoms with van der Waals surface area (Å²) < 4.78 is 0. The second kappa shape index (κ2) is 7.12. The Morgan fingerprint density at radius 3 is 2.53 bits per heavy atom. The molecule has 0 saturated heterocycles. The summed E-state index contributed by atoms with van der Waals surface area (Å²) in [5.41, 5.74) is 9.45. The zero-order valence-corrected chi connectivity index (χ0v) is 14.3. The van der Waals surface area contributed by atoms with Gasteiger partial charge >= 0.3 is 0 Å². The van der Waals surface area contributed by atoms with E-state index in [2.05, 4.69) is 49.3 Å². The topological polar surface area (TPSA) is 50.4 Å². The number of halogens is 1. The van der Waals surface area contributed by atoms with E-state index >= 15 is 0 Å². The minimum atomic E-state index is 0. The third-order valence-corrected chi connectivity index (χ3v) is 3.34. The van der Waals surface area contributed by atoms with Crippen molar-refractivity contribution in [3.63, 3.8) is 0 Å². The summed E-state index contributed by atoms with van der Waals surface area (Å²) in [7, 11) is 0. The van der Waals surface area contributed by atoms with Crippen molar-refractivity contribution in [1.29, 1.82) is 0 Å².